The number of hydrogen-bond donors (Lipinski definition) is 2. The van der Waals surface area contributed by atoms with Crippen molar-refractivity contribution in [3.63, 3.8) is 0 Å². The first kappa shape index (κ1) is 13.8. The molecule has 0 spiro atoms. The number of fused-ring (bicyclic) bond motifs is 1. The van der Waals surface area contributed by atoms with E-state index in [0.717, 1.165) is 18.4 Å². The van der Waals surface area contributed by atoms with Crippen molar-refractivity contribution in [3.05, 3.63) is 11.6 Å². The quantitative estimate of drug-likeness (QED) is 0.751. The fraction of sp³-hybridized carbons (Fsp3) is 0.800. The molecule has 0 heterocycles. The monoisotopic (exact) mass is 252 g/mol. The molecule has 3 heteroatoms. The van der Waals surface area contributed by atoms with E-state index in [9.17, 15) is 15.0 Å². The van der Waals surface area contributed by atoms with Crippen molar-refractivity contribution in [2.45, 2.75) is 58.7 Å². The van der Waals surface area contributed by atoms with Gasteiger partial charge >= 0.3 is 0 Å². The molecule has 1 saturated carbocycles. The third-order valence-electron chi connectivity index (χ3n) is 4.90. The minimum absolute atomic E-state index is 0.000347. The second-order valence-electron chi connectivity index (χ2n) is 6.95. The SMILES string of the molecule is CC1=CC(=O)CC2(C)CCC(C(C)(C)O)C(O)C12. The molecule has 2 rings (SSSR count). The molecule has 0 aromatic carbocycles. The van der Waals surface area contributed by atoms with E-state index >= 15 is 0 Å². The lowest BCUT2D eigenvalue weighted by Crippen LogP contribution is -2.53. The summed E-state index contributed by atoms with van der Waals surface area (Å²) in [5.74, 6) is 0.0488. The highest BCUT2D eigenvalue weighted by molar-refractivity contribution is 5.92. The number of allylic oxidation sites excluding steroid dienone is 1. The first-order valence-electron chi connectivity index (χ1n) is 6.76. The van der Waals surface area contributed by atoms with E-state index in [1.54, 1.807) is 19.9 Å². The predicted octanol–water partition coefficient (Wildman–Crippen LogP) is 2.07. The van der Waals surface area contributed by atoms with Crippen LogP contribution in [0.2, 0.25) is 0 Å². The summed E-state index contributed by atoms with van der Waals surface area (Å²) in [5, 5.41) is 20.8. The van der Waals surface area contributed by atoms with E-state index in [2.05, 4.69) is 6.92 Å². The van der Waals surface area contributed by atoms with E-state index < -0.39 is 11.7 Å². The molecular formula is C15H24O3. The van der Waals surface area contributed by atoms with Gasteiger partial charge in [-0.25, -0.2) is 0 Å². The van der Waals surface area contributed by atoms with E-state index in [-0.39, 0.29) is 23.0 Å². The molecule has 2 N–H and O–H groups in total. The average Bonchev–Trinajstić information content (AvgIpc) is 2.12. The van der Waals surface area contributed by atoms with Gasteiger partial charge in [0.15, 0.2) is 5.78 Å². The lowest BCUT2D eigenvalue weighted by molar-refractivity contribution is -0.133. The molecule has 2 aliphatic rings. The minimum atomic E-state index is -0.873. The van der Waals surface area contributed by atoms with Crippen LogP contribution in [0.3, 0.4) is 0 Å². The normalized spacial score (nSPS) is 41.3. The van der Waals surface area contributed by atoms with Gasteiger partial charge in [-0.3, -0.25) is 4.79 Å². The number of aliphatic hydroxyl groups is 2. The van der Waals surface area contributed by atoms with Gasteiger partial charge in [-0.05, 0) is 45.1 Å². The Morgan fingerprint density at radius 2 is 2.06 bits per heavy atom. The summed E-state index contributed by atoms with van der Waals surface area (Å²) in [5.41, 5.74) is -0.0465. The first-order chi connectivity index (χ1) is 8.15. The maximum absolute atomic E-state index is 11.7. The van der Waals surface area contributed by atoms with Gasteiger partial charge < -0.3 is 10.2 Å². The van der Waals surface area contributed by atoms with Gasteiger partial charge in [0.1, 0.15) is 0 Å². The lowest BCUT2D eigenvalue weighted by Gasteiger charge is -2.52. The highest BCUT2D eigenvalue weighted by atomic mass is 16.3. The summed E-state index contributed by atoms with van der Waals surface area (Å²) in [7, 11) is 0. The summed E-state index contributed by atoms with van der Waals surface area (Å²) in [6.07, 6.45) is 3.29. The van der Waals surface area contributed by atoms with Crippen LogP contribution in [0.15, 0.2) is 11.6 Å². The lowest BCUT2D eigenvalue weighted by atomic mass is 9.55. The van der Waals surface area contributed by atoms with Crippen LogP contribution in [0, 0.1) is 17.3 Å². The van der Waals surface area contributed by atoms with E-state index in [0.29, 0.717) is 6.42 Å². The summed E-state index contributed by atoms with van der Waals surface area (Å²) in [4.78, 5) is 11.7. The predicted molar refractivity (Wildman–Crippen MR) is 70.0 cm³/mol. The Balaban J connectivity index is 2.36. The summed E-state index contributed by atoms with van der Waals surface area (Å²) in [6, 6.07) is 0. The number of ketones is 1. The number of carbonyl (C=O) groups excluding carboxylic acids is 1. The standard InChI is InChI=1S/C15H24O3/c1-9-7-10(16)8-15(4)6-5-11(14(2,3)18)13(17)12(9)15/h7,11-13,17-18H,5-6,8H2,1-4H3. The minimum Gasteiger partial charge on any atom is -0.392 e. The molecule has 3 nitrogen and oxygen atoms in total. The van der Waals surface area contributed by atoms with E-state index in [4.69, 9.17) is 0 Å². The van der Waals surface area contributed by atoms with Crippen molar-refractivity contribution in [3.8, 4) is 0 Å². The number of hydrogen-bond acceptors (Lipinski definition) is 3. The topological polar surface area (TPSA) is 57.5 Å². The van der Waals surface area contributed by atoms with Gasteiger partial charge in [0.25, 0.3) is 0 Å². The van der Waals surface area contributed by atoms with Gasteiger partial charge in [-0.15, -0.1) is 0 Å². The second kappa shape index (κ2) is 4.17. The fourth-order valence-corrected chi connectivity index (χ4v) is 4.04. The Labute approximate surface area is 109 Å². The molecule has 2 aliphatic carbocycles. The summed E-state index contributed by atoms with van der Waals surface area (Å²) < 4.78 is 0. The van der Waals surface area contributed by atoms with Crippen molar-refractivity contribution in [2.75, 3.05) is 0 Å². The van der Waals surface area contributed by atoms with Gasteiger partial charge in [-0.2, -0.15) is 0 Å². The Bertz CT molecular complexity index is 391. The third kappa shape index (κ3) is 2.14. The Morgan fingerprint density at radius 3 is 2.61 bits per heavy atom. The molecule has 4 unspecified atom stereocenters. The third-order valence-corrected chi connectivity index (χ3v) is 4.90. The Kier molecular flexibility index (Phi) is 3.19. The smallest absolute Gasteiger partial charge is 0.156 e. The summed E-state index contributed by atoms with van der Waals surface area (Å²) >= 11 is 0. The van der Waals surface area contributed by atoms with Gasteiger partial charge in [-0.1, -0.05) is 12.5 Å². The molecule has 0 saturated heterocycles. The number of carbonyl (C=O) groups is 1. The van der Waals surface area contributed by atoms with Crippen LogP contribution < -0.4 is 0 Å². The molecule has 4 atom stereocenters. The average molecular weight is 252 g/mol. The molecule has 0 aliphatic heterocycles. The molecule has 1 fully saturated rings. The Hall–Kier alpha value is -0.670. The van der Waals surface area contributed by atoms with Crippen LogP contribution in [0.25, 0.3) is 0 Å². The molecule has 0 aromatic rings. The number of aliphatic hydroxyl groups excluding tert-OH is 1. The molecule has 0 aromatic heterocycles. The largest absolute Gasteiger partial charge is 0.392 e. The van der Waals surface area contributed by atoms with Crippen LogP contribution in [0.4, 0.5) is 0 Å². The maximum Gasteiger partial charge on any atom is 0.156 e. The molecule has 0 bridgehead atoms. The molecule has 102 valence electrons. The highest BCUT2D eigenvalue weighted by Crippen LogP contribution is 2.53. The van der Waals surface area contributed by atoms with Crippen LogP contribution in [-0.4, -0.2) is 27.7 Å². The van der Waals surface area contributed by atoms with E-state index in [1.165, 1.54) is 0 Å². The highest BCUT2D eigenvalue weighted by Gasteiger charge is 2.52. The first-order valence-corrected chi connectivity index (χ1v) is 6.76. The zero-order valence-corrected chi connectivity index (χ0v) is 11.7. The zero-order valence-electron chi connectivity index (χ0n) is 11.7. The van der Waals surface area contributed by atoms with Crippen molar-refractivity contribution in [1.29, 1.82) is 0 Å². The van der Waals surface area contributed by atoms with E-state index in [1.807, 2.05) is 6.92 Å². The molecular weight excluding hydrogens is 228 g/mol. The van der Waals surface area contributed by atoms with Gasteiger partial charge in [0.2, 0.25) is 0 Å². The summed E-state index contributed by atoms with van der Waals surface area (Å²) in [6.45, 7) is 7.54. The zero-order chi connectivity index (χ0) is 13.7. The van der Waals surface area contributed by atoms with Crippen LogP contribution in [0.1, 0.15) is 47.0 Å². The fourth-order valence-electron chi connectivity index (χ4n) is 4.04. The van der Waals surface area contributed by atoms with Gasteiger partial charge in [0, 0.05) is 18.3 Å². The van der Waals surface area contributed by atoms with Crippen molar-refractivity contribution < 1.29 is 15.0 Å². The van der Waals surface area contributed by atoms with Gasteiger partial charge in [0.05, 0.1) is 11.7 Å². The number of rotatable bonds is 1. The maximum atomic E-state index is 11.7. The molecule has 18 heavy (non-hydrogen) atoms. The van der Waals surface area contributed by atoms with Crippen molar-refractivity contribution >= 4 is 5.78 Å². The second-order valence-corrected chi connectivity index (χ2v) is 6.95. The van der Waals surface area contributed by atoms with Crippen LogP contribution >= 0.6 is 0 Å². The van der Waals surface area contributed by atoms with Crippen molar-refractivity contribution in [1.82, 2.24) is 0 Å². The molecule has 0 radical (unpaired) electrons. The van der Waals surface area contributed by atoms with Crippen LogP contribution in [-0.2, 0) is 4.79 Å². The van der Waals surface area contributed by atoms with Crippen molar-refractivity contribution in [2.24, 2.45) is 17.3 Å². The molecule has 0 amide bonds. The van der Waals surface area contributed by atoms with Crippen LogP contribution in [0.5, 0.6) is 0 Å². The Morgan fingerprint density at radius 1 is 1.44 bits per heavy atom.